The van der Waals surface area contributed by atoms with Gasteiger partial charge < -0.3 is 77.3 Å². The molecule has 3 atom stereocenters. The Morgan fingerprint density at radius 1 is 0.551 bits per heavy atom. The SMILES string of the molecule is CCCC(=O)NSCCCC(=O)NCCOCCOCC(=O)NC(CCC(=O)NC(CCC(=O)NCCOCCOCC(=O)NC(CCCCNC(=O)c1ccc(N)cc1)C(N)=O)C(=O)O)C(=O)O. The monoisotopic (exact) mass is 999 g/mol. The Balaban J connectivity index is 2.17. The van der Waals surface area contributed by atoms with E-state index in [9.17, 15) is 58.2 Å². The zero-order valence-corrected chi connectivity index (χ0v) is 39.8. The Kier molecular flexibility index (Phi) is 33.4. The summed E-state index contributed by atoms with van der Waals surface area (Å²) >= 11 is 1.26. The number of anilines is 1. The number of unbranched alkanes of at least 4 members (excludes halogenated alkanes) is 1. The van der Waals surface area contributed by atoms with Crippen LogP contribution in [0.2, 0.25) is 0 Å². The van der Waals surface area contributed by atoms with E-state index in [0.29, 0.717) is 55.7 Å². The molecule has 0 aromatic heterocycles. The van der Waals surface area contributed by atoms with E-state index in [4.69, 9.17) is 30.4 Å². The number of ether oxygens (including phenoxy) is 4. The van der Waals surface area contributed by atoms with E-state index < -0.39 is 72.6 Å². The first kappa shape index (κ1) is 60.9. The third kappa shape index (κ3) is 32.3. The summed E-state index contributed by atoms with van der Waals surface area (Å²) < 4.78 is 23.8. The lowest BCUT2D eigenvalue weighted by molar-refractivity contribution is -0.144. The van der Waals surface area contributed by atoms with Gasteiger partial charge in [-0.25, -0.2) is 9.59 Å². The molecule has 69 heavy (non-hydrogen) atoms. The molecule has 0 aliphatic heterocycles. The van der Waals surface area contributed by atoms with Crippen LogP contribution in [0, 0.1) is 0 Å². The molecule has 388 valence electrons. The second kappa shape index (κ2) is 37.8. The highest BCUT2D eigenvalue weighted by Crippen LogP contribution is 2.07. The second-order valence-corrected chi connectivity index (χ2v) is 16.0. The number of benzene rings is 1. The molecule has 13 N–H and O–H groups in total. The number of nitrogens with one attached hydrogen (secondary N) is 7. The van der Waals surface area contributed by atoms with Crippen LogP contribution in [0.1, 0.15) is 87.9 Å². The molecule has 3 unspecified atom stereocenters. The Morgan fingerprint density at radius 2 is 1.06 bits per heavy atom. The van der Waals surface area contributed by atoms with E-state index >= 15 is 0 Å². The molecule has 0 saturated carbocycles. The van der Waals surface area contributed by atoms with Crippen molar-refractivity contribution in [2.24, 2.45) is 5.73 Å². The van der Waals surface area contributed by atoms with E-state index in [1.165, 1.54) is 11.9 Å². The number of hydrogen-bond acceptors (Lipinski definition) is 16. The van der Waals surface area contributed by atoms with E-state index in [-0.39, 0.29) is 103 Å². The van der Waals surface area contributed by atoms with Crippen molar-refractivity contribution in [3.8, 4) is 0 Å². The number of carbonyl (C=O) groups excluding carboxylic acids is 8. The first-order chi connectivity index (χ1) is 33.0. The maximum absolute atomic E-state index is 12.5. The van der Waals surface area contributed by atoms with Crippen molar-refractivity contribution < 1.29 is 77.1 Å². The van der Waals surface area contributed by atoms with Crippen LogP contribution in [0.3, 0.4) is 0 Å². The van der Waals surface area contributed by atoms with E-state index in [2.05, 4.69) is 36.6 Å². The van der Waals surface area contributed by atoms with Gasteiger partial charge in [0.2, 0.25) is 41.4 Å². The largest absolute Gasteiger partial charge is 0.480 e. The van der Waals surface area contributed by atoms with Gasteiger partial charge in [-0.3, -0.25) is 38.4 Å². The summed E-state index contributed by atoms with van der Waals surface area (Å²) in [5.41, 5.74) is 12.0. The first-order valence-electron chi connectivity index (χ1n) is 22.5. The number of nitrogen functional groups attached to an aromatic ring is 1. The van der Waals surface area contributed by atoms with Crippen molar-refractivity contribution in [2.45, 2.75) is 95.7 Å². The van der Waals surface area contributed by atoms with Gasteiger partial charge in [0.05, 0.1) is 39.6 Å². The van der Waals surface area contributed by atoms with Gasteiger partial charge in [0, 0.05) is 62.3 Å². The highest BCUT2D eigenvalue weighted by molar-refractivity contribution is 7.97. The lowest BCUT2D eigenvalue weighted by atomic mass is 10.1. The molecule has 25 nitrogen and oxygen atoms in total. The van der Waals surface area contributed by atoms with Crippen molar-refractivity contribution in [1.82, 2.24) is 36.6 Å². The molecule has 1 aromatic rings. The number of carbonyl (C=O) groups is 10. The van der Waals surface area contributed by atoms with Gasteiger partial charge in [0.1, 0.15) is 31.3 Å². The summed E-state index contributed by atoms with van der Waals surface area (Å²) in [6.45, 7) is 2.10. The Morgan fingerprint density at radius 3 is 1.59 bits per heavy atom. The van der Waals surface area contributed by atoms with Crippen LogP contribution in [-0.2, 0) is 62.1 Å². The number of carboxylic acid groups (broad SMARTS) is 2. The fraction of sp³-hybridized carbons (Fsp3) is 0.628. The standard InChI is InChI=1S/C43H69N9O16S/c1-2-6-37(56)52-69-26-5-8-34(53)46-18-20-65-23-25-68-28-39(58)51-33(43(63)64)14-16-36(55)50-32(42(61)62)13-15-35(54)47-19-21-66-22-24-67-27-38(57)49-31(40(45)59)7-3-4-17-48-41(60)29-9-11-30(44)12-10-29/h9-12,31-33H,2-8,13-28,44H2,1H3,(H2,45,59)(H,46,53)(H,47,54)(H,48,60)(H,49,57)(H,50,55)(H,51,58)(H,52,56)(H,61,62)(H,63,64). The minimum absolute atomic E-state index is 0.00515. The van der Waals surface area contributed by atoms with Gasteiger partial charge in [-0.05, 0) is 69.2 Å². The molecule has 1 rings (SSSR count). The number of hydrogen-bond donors (Lipinski definition) is 11. The number of rotatable bonds is 41. The minimum Gasteiger partial charge on any atom is -0.480 e. The van der Waals surface area contributed by atoms with Crippen LogP contribution in [-0.4, -0.2) is 166 Å². The predicted molar refractivity (Wildman–Crippen MR) is 250 cm³/mol. The fourth-order valence-electron chi connectivity index (χ4n) is 5.69. The molecule has 0 aliphatic carbocycles. The highest BCUT2D eigenvalue weighted by Gasteiger charge is 2.25. The van der Waals surface area contributed by atoms with Crippen LogP contribution in [0.5, 0.6) is 0 Å². The van der Waals surface area contributed by atoms with E-state index in [0.717, 1.165) is 6.42 Å². The van der Waals surface area contributed by atoms with Crippen LogP contribution in [0.25, 0.3) is 0 Å². The van der Waals surface area contributed by atoms with Crippen molar-refractivity contribution in [3.05, 3.63) is 29.8 Å². The lowest BCUT2D eigenvalue weighted by Crippen LogP contribution is -2.45. The number of primary amides is 1. The number of carboxylic acids is 2. The zero-order chi connectivity index (χ0) is 51.2. The Hall–Kier alpha value is -6.09. The number of nitrogens with two attached hydrogens (primary N) is 2. The third-order valence-corrected chi connectivity index (χ3v) is 10.2. The molecule has 0 bridgehead atoms. The van der Waals surface area contributed by atoms with Crippen LogP contribution in [0.15, 0.2) is 24.3 Å². The number of aliphatic carboxylic acids is 2. The molecule has 8 amide bonds. The van der Waals surface area contributed by atoms with Crippen LogP contribution < -0.4 is 48.1 Å². The topological polar surface area (TPSA) is 384 Å². The van der Waals surface area contributed by atoms with Crippen molar-refractivity contribution in [3.63, 3.8) is 0 Å². The predicted octanol–water partition coefficient (Wildman–Crippen LogP) is -1.52. The lowest BCUT2D eigenvalue weighted by Gasteiger charge is -2.17. The van der Waals surface area contributed by atoms with Gasteiger partial charge in [0.25, 0.3) is 5.91 Å². The van der Waals surface area contributed by atoms with Crippen molar-refractivity contribution >= 4 is 76.8 Å². The van der Waals surface area contributed by atoms with E-state index in [1.54, 1.807) is 24.3 Å². The molecular formula is C43H69N9O16S. The average Bonchev–Trinajstić information content (AvgIpc) is 3.30. The smallest absolute Gasteiger partial charge is 0.326 e. The zero-order valence-electron chi connectivity index (χ0n) is 39.0. The molecule has 26 heteroatoms. The average molecular weight is 1000 g/mol. The third-order valence-electron chi connectivity index (χ3n) is 9.30. The molecule has 1 aromatic carbocycles. The summed E-state index contributed by atoms with van der Waals surface area (Å²) in [6, 6.07) is 2.58. The maximum Gasteiger partial charge on any atom is 0.326 e. The van der Waals surface area contributed by atoms with Gasteiger partial charge in [-0.2, -0.15) is 0 Å². The molecular weight excluding hydrogens is 931 g/mol. The second-order valence-electron chi connectivity index (χ2n) is 15.1. The molecule has 0 spiro atoms. The Labute approximate surface area is 404 Å². The van der Waals surface area contributed by atoms with Gasteiger partial charge in [-0.15, -0.1) is 0 Å². The van der Waals surface area contributed by atoms with Crippen molar-refractivity contribution in [2.75, 3.05) is 84.0 Å². The molecule has 0 fully saturated rings. The number of amides is 8. The van der Waals surface area contributed by atoms with Gasteiger partial charge in [-0.1, -0.05) is 18.9 Å². The quantitative estimate of drug-likeness (QED) is 0.0202. The summed E-state index contributed by atoms with van der Waals surface area (Å²) in [4.78, 5) is 120. The van der Waals surface area contributed by atoms with E-state index in [1.807, 2.05) is 6.92 Å². The molecule has 0 heterocycles. The summed E-state index contributed by atoms with van der Waals surface area (Å²) in [6.07, 6.45) is 2.01. The summed E-state index contributed by atoms with van der Waals surface area (Å²) in [5.74, 6) is -6.12. The summed E-state index contributed by atoms with van der Waals surface area (Å²) in [5, 5.41) is 34.1. The normalized spacial score (nSPS) is 12.1. The highest BCUT2D eigenvalue weighted by atomic mass is 32.2. The van der Waals surface area contributed by atoms with Crippen molar-refractivity contribution in [1.29, 1.82) is 0 Å². The Bertz CT molecular complexity index is 1780. The van der Waals surface area contributed by atoms with Gasteiger partial charge in [0.15, 0.2) is 0 Å². The van der Waals surface area contributed by atoms with Crippen LogP contribution in [0.4, 0.5) is 5.69 Å². The first-order valence-corrected chi connectivity index (χ1v) is 23.5. The molecule has 0 saturated heterocycles. The molecule has 0 aliphatic rings. The van der Waals surface area contributed by atoms with Crippen LogP contribution >= 0.6 is 11.9 Å². The summed E-state index contributed by atoms with van der Waals surface area (Å²) in [7, 11) is 0. The maximum atomic E-state index is 12.5. The van der Waals surface area contributed by atoms with Gasteiger partial charge >= 0.3 is 11.9 Å². The molecule has 0 radical (unpaired) electrons. The fourth-order valence-corrected chi connectivity index (χ4v) is 6.34. The minimum atomic E-state index is -1.48.